The van der Waals surface area contributed by atoms with E-state index >= 15 is 0 Å². The number of aliphatic carboxylic acids is 1. The molecular formula is C31H35F6N3O6S. The zero-order valence-electron chi connectivity index (χ0n) is 26.1. The van der Waals surface area contributed by atoms with Crippen molar-refractivity contribution in [2.75, 3.05) is 7.11 Å². The Labute approximate surface area is 270 Å². The molecule has 0 spiro atoms. The largest absolute Gasteiger partial charge is 0.480 e. The number of rotatable bonds is 15. The average Bonchev–Trinajstić information content (AvgIpc) is 3.27. The first-order chi connectivity index (χ1) is 21.9. The van der Waals surface area contributed by atoms with Crippen molar-refractivity contribution in [2.24, 2.45) is 0 Å². The van der Waals surface area contributed by atoms with Crippen LogP contribution in [0, 0.1) is 0 Å². The lowest BCUT2D eigenvalue weighted by Crippen LogP contribution is -2.55. The van der Waals surface area contributed by atoms with E-state index in [2.05, 4.69) is 9.84 Å². The zero-order valence-corrected chi connectivity index (χ0v) is 26.9. The van der Waals surface area contributed by atoms with Crippen molar-refractivity contribution in [2.45, 2.75) is 93.7 Å². The van der Waals surface area contributed by atoms with Crippen LogP contribution in [-0.4, -0.2) is 55.6 Å². The third-order valence-corrected chi connectivity index (χ3v) is 8.54. The lowest BCUT2D eigenvalue weighted by Gasteiger charge is -2.36. The number of esters is 1. The molecule has 3 rings (SSSR count). The molecule has 9 nitrogen and oxygen atoms in total. The van der Waals surface area contributed by atoms with Crippen LogP contribution in [0.1, 0.15) is 73.8 Å². The molecule has 16 heteroatoms. The number of alkyl halides is 6. The van der Waals surface area contributed by atoms with E-state index in [0.29, 0.717) is 30.6 Å². The molecule has 258 valence electrons. The van der Waals surface area contributed by atoms with Crippen molar-refractivity contribution < 1.29 is 50.5 Å². The maximum Gasteiger partial charge on any atom is 0.430 e. The molecule has 0 aliphatic rings. The van der Waals surface area contributed by atoms with Gasteiger partial charge in [0.2, 0.25) is 0 Å². The van der Waals surface area contributed by atoms with E-state index in [1.54, 1.807) is 26.0 Å². The summed E-state index contributed by atoms with van der Waals surface area (Å²) in [5.41, 5.74) is -5.96. The smallest absolute Gasteiger partial charge is 0.430 e. The van der Waals surface area contributed by atoms with Crippen molar-refractivity contribution in [1.82, 2.24) is 14.3 Å². The second kappa shape index (κ2) is 15.0. The number of hydrogen-bond acceptors (Lipinski definition) is 7. The van der Waals surface area contributed by atoms with Crippen LogP contribution in [0.4, 0.5) is 26.3 Å². The summed E-state index contributed by atoms with van der Waals surface area (Å²) < 4.78 is 92.5. The van der Waals surface area contributed by atoms with E-state index in [9.17, 15) is 45.8 Å². The van der Waals surface area contributed by atoms with Crippen molar-refractivity contribution in [3.05, 3.63) is 81.5 Å². The zero-order chi connectivity index (χ0) is 35.2. The van der Waals surface area contributed by atoms with Crippen molar-refractivity contribution in [3.63, 3.8) is 0 Å². The van der Waals surface area contributed by atoms with Crippen LogP contribution >= 0.6 is 11.8 Å². The molecule has 0 aliphatic heterocycles. The summed E-state index contributed by atoms with van der Waals surface area (Å²) in [7, 11) is 0.327. The van der Waals surface area contributed by atoms with Crippen LogP contribution < -0.4 is 5.69 Å². The normalized spacial score (nSPS) is 12.7. The highest BCUT2D eigenvalue weighted by Crippen LogP contribution is 2.52. The molecule has 1 aromatic heterocycles. The van der Waals surface area contributed by atoms with Gasteiger partial charge in [0.1, 0.15) is 4.75 Å². The van der Waals surface area contributed by atoms with Gasteiger partial charge in [-0.2, -0.15) is 31.4 Å². The number of methoxy groups -OCH3 is 1. The van der Waals surface area contributed by atoms with E-state index < -0.39 is 52.5 Å². The first-order valence-corrected chi connectivity index (χ1v) is 15.3. The van der Waals surface area contributed by atoms with Gasteiger partial charge in [0.25, 0.3) is 5.60 Å². The number of aromatic nitrogens is 3. The minimum Gasteiger partial charge on any atom is -0.480 e. The minimum absolute atomic E-state index is 0.0967. The van der Waals surface area contributed by atoms with Gasteiger partial charge in [-0.05, 0) is 50.1 Å². The van der Waals surface area contributed by atoms with Gasteiger partial charge in [-0.3, -0.25) is 9.36 Å². The summed E-state index contributed by atoms with van der Waals surface area (Å²) in [5, 5.41) is 13.6. The quantitative estimate of drug-likeness (QED) is 0.0789. The van der Waals surface area contributed by atoms with Crippen LogP contribution in [0.5, 0.6) is 0 Å². The first-order valence-electron chi connectivity index (χ1n) is 14.5. The monoisotopic (exact) mass is 691 g/mol. The highest BCUT2D eigenvalue weighted by Gasteiger charge is 2.73. The van der Waals surface area contributed by atoms with Crippen molar-refractivity contribution >= 4 is 23.7 Å². The molecule has 0 radical (unpaired) electrons. The third-order valence-electron chi connectivity index (χ3n) is 7.34. The Morgan fingerprint density at radius 1 is 0.915 bits per heavy atom. The van der Waals surface area contributed by atoms with Crippen LogP contribution in [-0.2, 0) is 39.6 Å². The molecule has 1 N–H and O–H groups in total. The SMILES string of the molecule is CCCCCCn1c(COC(=O)c2ccc(SC(C)(C)C(=O)O)cc2)nn(Cc2ccc(C(OC)(C(F)(F)F)C(F)(F)F)cc2)c1=O. The van der Waals surface area contributed by atoms with E-state index in [-0.39, 0.29) is 30.0 Å². The van der Waals surface area contributed by atoms with Gasteiger partial charge in [-0.15, -0.1) is 11.8 Å². The fraction of sp³-hybridized carbons (Fsp3) is 0.484. The molecule has 0 fully saturated rings. The Morgan fingerprint density at radius 3 is 2.02 bits per heavy atom. The summed E-state index contributed by atoms with van der Waals surface area (Å²) in [4.78, 5) is 38.1. The molecule has 2 aromatic carbocycles. The standard InChI is InChI=1S/C31H35F6N3O6S/c1-5-6-7-8-17-39-24(19-46-25(41)21-11-15-23(16-12-21)47-28(2,3)26(42)43)38-40(27(39)44)18-20-9-13-22(14-10-20)29(45-4,30(32,33)34)31(35,36)37/h9-16H,5-8,17-19H2,1-4H3,(H,42,43). The van der Waals surface area contributed by atoms with Gasteiger partial charge in [-0.25, -0.2) is 14.3 Å². The highest BCUT2D eigenvalue weighted by molar-refractivity contribution is 8.01. The number of nitrogens with zero attached hydrogens (tertiary/aromatic N) is 3. The Bertz CT molecular complexity index is 1570. The number of unbranched alkanes of at least 4 members (excludes halogenated alkanes) is 3. The number of halogens is 6. The number of carbonyl (C=O) groups excluding carboxylic acids is 1. The Kier molecular flexibility index (Phi) is 12.0. The lowest BCUT2D eigenvalue weighted by molar-refractivity contribution is -0.383. The van der Waals surface area contributed by atoms with Crippen molar-refractivity contribution in [3.8, 4) is 0 Å². The molecular weight excluding hydrogens is 656 g/mol. The summed E-state index contributed by atoms with van der Waals surface area (Å²) in [6, 6.07) is 9.42. The molecule has 0 amide bonds. The number of hydrogen-bond donors (Lipinski definition) is 1. The number of carbonyl (C=O) groups is 2. The number of benzene rings is 2. The Morgan fingerprint density at radius 2 is 1.51 bits per heavy atom. The second-order valence-electron chi connectivity index (χ2n) is 11.2. The number of ether oxygens (including phenoxy) is 2. The van der Waals surface area contributed by atoms with Crippen LogP contribution in [0.3, 0.4) is 0 Å². The van der Waals surface area contributed by atoms with Crippen LogP contribution in [0.25, 0.3) is 0 Å². The van der Waals surface area contributed by atoms with Gasteiger partial charge < -0.3 is 14.6 Å². The molecule has 47 heavy (non-hydrogen) atoms. The van der Waals surface area contributed by atoms with Crippen LogP contribution in [0.2, 0.25) is 0 Å². The molecule has 3 aromatic rings. The Hall–Kier alpha value is -3.79. The maximum absolute atomic E-state index is 13.6. The number of carboxylic acids is 1. The Balaban J connectivity index is 1.83. The second-order valence-corrected chi connectivity index (χ2v) is 12.9. The fourth-order valence-corrected chi connectivity index (χ4v) is 5.63. The van der Waals surface area contributed by atoms with Gasteiger partial charge in [0.05, 0.1) is 12.1 Å². The molecule has 0 saturated carbocycles. The van der Waals surface area contributed by atoms with E-state index in [1.807, 2.05) is 6.92 Å². The minimum atomic E-state index is -5.81. The number of carboxylic acid groups (broad SMARTS) is 1. The van der Waals surface area contributed by atoms with Gasteiger partial charge in [-0.1, -0.05) is 50.5 Å². The summed E-state index contributed by atoms with van der Waals surface area (Å²) >= 11 is 1.10. The molecule has 0 aliphatic carbocycles. The van der Waals surface area contributed by atoms with Gasteiger partial charge in [0, 0.05) is 24.1 Å². The third kappa shape index (κ3) is 8.58. The summed E-state index contributed by atoms with van der Waals surface area (Å²) in [5.74, 6) is -1.64. The van der Waals surface area contributed by atoms with Gasteiger partial charge >= 0.3 is 30.0 Å². The molecule has 0 saturated heterocycles. The predicted molar refractivity (Wildman–Crippen MR) is 160 cm³/mol. The highest BCUT2D eigenvalue weighted by atomic mass is 32.2. The molecule has 0 bridgehead atoms. The van der Waals surface area contributed by atoms with Crippen molar-refractivity contribution in [1.29, 1.82) is 0 Å². The molecule has 0 atom stereocenters. The summed E-state index contributed by atoms with van der Waals surface area (Å²) in [6.07, 6.45) is -8.35. The summed E-state index contributed by atoms with van der Waals surface area (Å²) in [6.45, 7) is 4.66. The van der Waals surface area contributed by atoms with E-state index in [1.165, 1.54) is 16.7 Å². The first kappa shape index (κ1) is 37.7. The fourth-order valence-electron chi connectivity index (χ4n) is 4.68. The maximum atomic E-state index is 13.6. The lowest BCUT2D eigenvalue weighted by atomic mass is 9.91. The molecule has 0 unspecified atom stereocenters. The van der Waals surface area contributed by atoms with E-state index in [0.717, 1.165) is 47.8 Å². The molecule has 1 heterocycles. The van der Waals surface area contributed by atoms with Crippen LogP contribution in [0.15, 0.2) is 58.2 Å². The topological polar surface area (TPSA) is 113 Å². The number of thioether (sulfide) groups is 1. The van der Waals surface area contributed by atoms with E-state index in [4.69, 9.17) is 4.74 Å². The van der Waals surface area contributed by atoms with Gasteiger partial charge in [0.15, 0.2) is 12.4 Å². The average molecular weight is 692 g/mol. The predicted octanol–water partition coefficient (Wildman–Crippen LogP) is 6.95.